The summed E-state index contributed by atoms with van der Waals surface area (Å²) in [5.41, 5.74) is 1.01. The van der Waals surface area contributed by atoms with Gasteiger partial charge in [0.15, 0.2) is 0 Å². The minimum Gasteiger partial charge on any atom is -0.372 e. The van der Waals surface area contributed by atoms with Gasteiger partial charge in [-0.15, -0.1) is 0 Å². The van der Waals surface area contributed by atoms with Crippen LogP contribution in [-0.2, 0) is 10.2 Å². The highest BCUT2D eigenvalue weighted by Gasteiger charge is 2.39. The SMILES string of the molecule is FC(F)(F)COCCC1(c2ccccc2Br)CNC1. The van der Waals surface area contributed by atoms with Crippen LogP contribution in [0.15, 0.2) is 28.7 Å². The number of nitrogens with one attached hydrogen (secondary N) is 1. The maximum Gasteiger partial charge on any atom is 0.411 e. The van der Waals surface area contributed by atoms with Crippen LogP contribution in [0.3, 0.4) is 0 Å². The van der Waals surface area contributed by atoms with Gasteiger partial charge in [0.1, 0.15) is 6.61 Å². The molecule has 0 saturated carbocycles. The second-order valence-corrected chi connectivity index (χ2v) is 5.64. The predicted molar refractivity (Wildman–Crippen MR) is 70.2 cm³/mol. The maximum atomic E-state index is 12.0. The fourth-order valence-electron chi connectivity index (χ4n) is 2.28. The second-order valence-electron chi connectivity index (χ2n) is 4.78. The van der Waals surface area contributed by atoms with E-state index in [2.05, 4.69) is 21.2 Å². The second kappa shape index (κ2) is 5.81. The molecule has 0 spiro atoms. The Morgan fingerprint density at radius 1 is 1.26 bits per heavy atom. The van der Waals surface area contributed by atoms with Crippen LogP contribution in [-0.4, -0.2) is 32.5 Å². The molecular weight excluding hydrogens is 323 g/mol. The van der Waals surface area contributed by atoms with Crippen molar-refractivity contribution < 1.29 is 17.9 Å². The third-order valence-corrected chi connectivity index (χ3v) is 4.05. The smallest absolute Gasteiger partial charge is 0.372 e. The normalized spacial score (nSPS) is 18.1. The molecule has 1 aromatic carbocycles. The van der Waals surface area contributed by atoms with E-state index in [9.17, 15) is 13.2 Å². The average molecular weight is 338 g/mol. The lowest BCUT2D eigenvalue weighted by Crippen LogP contribution is -2.57. The third kappa shape index (κ3) is 3.70. The van der Waals surface area contributed by atoms with E-state index in [4.69, 9.17) is 4.74 Å². The topological polar surface area (TPSA) is 21.3 Å². The summed E-state index contributed by atoms with van der Waals surface area (Å²) in [6, 6.07) is 7.82. The average Bonchev–Trinajstić information content (AvgIpc) is 2.27. The van der Waals surface area contributed by atoms with Gasteiger partial charge >= 0.3 is 6.18 Å². The summed E-state index contributed by atoms with van der Waals surface area (Å²) in [5.74, 6) is 0. The molecule has 19 heavy (non-hydrogen) atoms. The molecule has 0 amide bonds. The summed E-state index contributed by atoms with van der Waals surface area (Å²) in [6.07, 6.45) is -3.67. The Morgan fingerprint density at radius 2 is 1.95 bits per heavy atom. The number of hydrogen-bond acceptors (Lipinski definition) is 2. The Labute approximate surface area is 118 Å². The van der Waals surface area contributed by atoms with Crippen molar-refractivity contribution in [2.75, 3.05) is 26.3 Å². The maximum absolute atomic E-state index is 12.0. The molecule has 0 bridgehead atoms. The summed E-state index contributed by atoms with van der Waals surface area (Å²) < 4.78 is 41.8. The number of rotatable bonds is 5. The van der Waals surface area contributed by atoms with Crippen molar-refractivity contribution in [1.82, 2.24) is 5.32 Å². The first-order valence-electron chi connectivity index (χ1n) is 6.03. The van der Waals surface area contributed by atoms with Gasteiger partial charge in [0, 0.05) is 29.6 Å². The van der Waals surface area contributed by atoms with Crippen molar-refractivity contribution in [3.8, 4) is 0 Å². The summed E-state index contributed by atoms with van der Waals surface area (Å²) in [6.45, 7) is 0.477. The molecule has 1 N–H and O–H groups in total. The Morgan fingerprint density at radius 3 is 2.47 bits per heavy atom. The summed E-state index contributed by atoms with van der Waals surface area (Å²) >= 11 is 3.50. The highest BCUT2D eigenvalue weighted by Crippen LogP contribution is 2.36. The van der Waals surface area contributed by atoms with E-state index in [0.717, 1.165) is 23.1 Å². The fraction of sp³-hybridized carbons (Fsp3) is 0.538. The molecule has 0 aliphatic carbocycles. The molecule has 2 nitrogen and oxygen atoms in total. The molecule has 0 radical (unpaired) electrons. The molecule has 106 valence electrons. The number of halogens is 4. The highest BCUT2D eigenvalue weighted by atomic mass is 79.9. The van der Waals surface area contributed by atoms with E-state index in [1.807, 2.05) is 24.3 Å². The quantitative estimate of drug-likeness (QED) is 0.832. The van der Waals surface area contributed by atoms with Gasteiger partial charge in [-0.3, -0.25) is 0 Å². The molecule has 0 atom stereocenters. The Hall–Kier alpha value is -0.590. The van der Waals surface area contributed by atoms with Crippen LogP contribution in [0.5, 0.6) is 0 Å². The first-order valence-corrected chi connectivity index (χ1v) is 6.82. The van der Waals surface area contributed by atoms with Gasteiger partial charge in [-0.25, -0.2) is 0 Å². The van der Waals surface area contributed by atoms with Gasteiger partial charge in [-0.2, -0.15) is 13.2 Å². The van der Waals surface area contributed by atoms with E-state index >= 15 is 0 Å². The van der Waals surface area contributed by atoms with Gasteiger partial charge in [0.2, 0.25) is 0 Å². The van der Waals surface area contributed by atoms with Crippen molar-refractivity contribution in [3.05, 3.63) is 34.3 Å². The van der Waals surface area contributed by atoms with E-state index in [1.165, 1.54) is 0 Å². The van der Waals surface area contributed by atoms with Crippen LogP contribution in [0.25, 0.3) is 0 Å². The number of hydrogen-bond donors (Lipinski definition) is 1. The molecular formula is C13H15BrF3NO. The number of benzene rings is 1. The van der Waals surface area contributed by atoms with Gasteiger partial charge < -0.3 is 10.1 Å². The molecule has 2 rings (SSSR count). The first-order chi connectivity index (χ1) is 8.93. The lowest BCUT2D eigenvalue weighted by atomic mass is 9.73. The van der Waals surface area contributed by atoms with Crippen LogP contribution >= 0.6 is 15.9 Å². The van der Waals surface area contributed by atoms with Gasteiger partial charge in [-0.05, 0) is 18.1 Å². The van der Waals surface area contributed by atoms with Crippen molar-refractivity contribution >= 4 is 15.9 Å². The lowest BCUT2D eigenvalue weighted by molar-refractivity contribution is -0.175. The molecule has 1 aromatic rings. The minimum atomic E-state index is -4.25. The molecule has 1 saturated heterocycles. The third-order valence-electron chi connectivity index (χ3n) is 3.36. The summed E-state index contributed by atoms with van der Waals surface area (Å²) in [5, 5.41) is 3.19. The highest BCUT2D eigenvalue weighted by molar-refractivity contribution is 9.10. The molecule has 0 aromatic heterocycles. The fourth-order valence-corrected chi connectivity index (χ4v) is 2.98. The number of alkyl halides is 3. The molecule has 1 heterocycles. The van der Waals surface area contributed by atoms with Crippen molar-refractivity contribution in [2.45, 2.75) is 18.0 Å². The monoisotopic (exact) mass is 337 g/mol. The van der Waals surface area contributed by atoms with Crippen LogP contribution in [0, 0.1) is 0 Å². The van der Waals surface area contributed by atoms with Crippen LogP contribution < -0.4 is 5.32 Å². The lowest BCUT2D eigenvalue weighted by Gasteiger charge is -2.44. The van der Waals surface area contributed by atoms with Gasteiger partial charge in [0.25, 0.3) is 0 Å². The minimum absolute atomic E-state index is 0.114. The van der Waals surface area contributed by atoms with Crippen LogP contribution in [0.4, 0.5) is 13.2 Å². The van der Waals surface area contributed by atoms with Gasteiger partial charge in [-0.1, -0.05) is 34.1 Å². The summed E-state index contributed by atoms with van der Waals surface area (Å²) in [4.78, 5) is 0. The van der Waals surface area contributed by atoms with E-state index in [1.54, 1.807) is 0 Å². The molecule has 1 aliphatic heterocycles. The standard InChI is InChI=1S/C13H15BrF3NO/c14-11-4-2-1-3-10(11)12(7-18-8-12)5-6-19-9-13(15,16)17/h1-4,18H,5-9H2. The predicted octanol–water partition coefficient (Wildman–Crippen LogP) is 3.26. The first kappa shape index (κ1) is 14.8. The zero-order valence-electron chi connectivity index (χ0n) is 10.3. The van der Waals surface area contributed by atoms with Crippen molar-refractivity contribution in [1.29, 1.82) is 0 Å². The molecule has 1 fully saturated rings. The Kier molecular flexibility index (Phi) is 4.53. The van der Waals surface area contributed by atoms with Crippen LogP contribution in [0.1, 0.15) is 12.0 Å². The zero-order valence-corrected chi connectivity index (χ0v) is 11.9. The Bertz CT molecular complexity index is 432. The van der Waals surface area contributed by atoms with Crippen LogP contribution in [0.2, 0.25) is 0 Å². The number of ether oxygens (including phenoxy) is 1. The van der Waals surface area contributed by atoms with E-state index < -0.39 is 12.8 Å². The van der Waals surface area contributed by atoms with E-state index in [-0.39, 0.29) is 12.0 Å². The Balaban J connectivity index is 1.95. The zero-order chi connectivity index (χ0) is 13.9. The molecule has 6 heteroatoms. The van der Waals surface area contributed by atoms with E-state index in [0.29, 0.717) is 6.42 Å². The largest absolute Gasteiger partial charge is 0.411 e. The molecule has 0 unspecified atom stereocenters. The summed E-state index contributed by atoms with van der Waals surface area (Å²) in [7, 11) is 0. The van der Waals surface area contributed by atoms with Gasteiger partial charge in [0.05, 0.1) is 0 Å². The van der Waals surface area contributed by atoms with Crippen molar-refractivity contribution in [3.63, 3.8) is 0 Å². The molecule has 1 aliphatic rings. The van der Waals surface area contributed by atoms with Crippen molar-refractivity contribution in [2.24, 2.45) is 0 Å².